The highest BCUT2D eigenvalue weighted by atomic mass is 32.2. The van der Waals surface area contributed by atoms with Gasteiger partial charge in [0.05, 0.1) is 16.0 Å². The third-order valence-corrected chi connectivity index (χ3v) is 7.15. The maximum atomic E-state index is 13.3. The van der Waals surface area contributed by atoms with Crippen LogP contribution in [0.4, 0.5) is 24.7 Å². The molecule has 2 aromatic rings. The van der Waals surface area contributed by atoms with Crippen molar-refractivity contribution in [2.45, 2.75) is 36.8 Å². The zero-order valence-electron chi connectivity index (χ0n) is 16.9. The Morgan fingerprint density at radius 2 is 1.81 bits per heavy atom. The van der Waals surface area contributed by atoms with Gasteiger partial charge in [-0.2, -0.15) is 13.2 Å². The lowest BCUT2D eigenvalue weighted by molar-refractivity contribution is -0.137. The van der Waals surface area contributed by atoms with E-state index in [1.165, 1.54) is 37.1 Å². The maximum absolute atomic E-state index is 13.3. The molecule has 0 atom stereocenters. The normalized spacial score (nSPS) is 18.1. The van der Waals surface area contributed by atoms with Crippen LogP contribution in [0.1, 0.15) is 41.6 Å². The maximum Gasteiger partial charge on any atom is 0.417 e. The van der Waals surface area contributed by atoms with Crippen LogP contribution >= 0.6 is 0 Å². The van der Waals surface area contributed by atoms with Gasteiger partial charge >= 0.3 is 6.18 Å². The zero-order valence-corrected chi connectivity index (χ0v) is 17.7. The number of nitrogens with one attached hydrogen (secondary N) is 1. The minimum atomic E-state index is -4.64. The van der Waals surface area contributed by atoms with E-state index < -0.39 is 27.5 Å². The molecule has 1 aliphatic carbocycles. The number of hydrogen-bond donors (Lipinski definition) is 1. The monoisotopic (exact) mass is 453 g/mol. The van der Waals surface area contributed by atoms with E-state index in [2.05, 4.69) is 10.3 Å². The van der Waals surface area contributed by atoms with Gasteiger partial charge in [0.2, 0.25) is 0 Å². The highest BCUT2D eigenvalue weighted by Crippen LogP contribution is 2.54. The molecule has 0 unspecified atom stereocenters. The second-order valence-electron chi connectivity index (χ2n) is 8.33. The van der Waals surface area contributed by atoms with Gasteiger partial charge in [-0.05, 0) is 55.4 Å². The van der Waals surface area contributed by atoms with Crippen LogP contribution in [-0.4, -0.2) is 38.7 Å². The van der Waals surface area contributed by atoms with Crippen molar-refractivity contribution in [1.29, 1.82) is 0 Å². The molecule has 2 fully saturated rings. The third-order valence-electron chi connectivity index (χ3n) is 6.04. The van der Waals surface area contributed by atoms with Gasteiger partial charge in [-0.25, -0.2) is 13.4 Å². The molecule has 2 aliphatic rings. The average Bonchev–Trinajstić information content (AvgIpc) is 3.46. The number of alkyl halides is 3. The summed E-state index contributed by atoms with van der Waals surface area (Å²) in [7, 11) is -3.50. The van der Waals surface area contributed by atoms with Crippen molar-refractivity contribution in [2.24, 2.45) is 5.41 Å². The molecule has 31 heavy (non-hydrogen) atoms. The predicted molar refractivity (Wildman–Crippen MR) is 110 cm³/mol. The van der Waals surface area contributed by atoms with Gasteiger partial charge in [0.25, 0.3) is 5.91 Å². The Morgan fingerprint density at radius 3 is 2.39 bits per heavy atom. The summed E-state index contributed by atoms with van der Waals surface area (Å²) < 4.78 is 63.3. The fourth-order valence-electron chi connectivity index (χ4n) is 3.90. The van der Waals surface area contributed by atoms with Crippen LogP contribution in [0, 0.1) is 5.41 Å². The zero-order chi connectivity index (χ0) is 22.4. The molecule has 1 aromatic heterocycles. The summed E-state index contributed by atoms with van der Waals surface area (Å²) in [5.41, 5.74) is -0.670. The lowest BCUT2D eigenvalue weighted by Crippen LogP contribution is -2.36. The second-order valence-corrected chi connectivity index (χ2v) is 10.3. The smallest absolute Gasteiger partial charge is 0.356 e. The number of rotatable bonds is 4. The average molecular weight is 453 g/mol. The number of amides is 1. The number of pyridine rings is 1. The Labute approximate surface area is 178 Å². The van der Waals surface area contributed by atoms with E-state index in [0.29, 0.717) is 18.5 Å². The first-order valence-corrected chi connectivity index (χ1v) is 11.8. The van der Waals surface area contributed by atoms with E-state index in [9.17, 15) is 26.4 Å². The van der Waals surface area contributed by atoms with E-state index >= 15 is 0 Å². The Morgan fingerprint density at radius 1 is 1.13 bits per heavy atom. The fraction of sp³-hybridized carbons (Fsp3) is 0.429. The van der Waals surface area contributed by atoms with Crippen molar-refractivity contribution in [1.82, 2.24) is 4.98 Å². The third kappa shape index (κ3) is 4.68. The van der Waals surface area contributed by atoms with Crippen molar-refractivity contribution in [3.05, 3.63) is 47.7 Å². The standard InChI is InChI=1S/C21H22F3N3O3S/c1-31(29,30)16-4-2-3-15(12-16)26-19(28)17-11-14(21(22,23)24)13-25-18(17)27-9-7-20(5-6-20)8-10-27/h2-4,11-13H,5-10H2,1H3,(H,26,28). The predicted octanol–water partition coefficient (Wildman–Crippen LogP) is 4.14. The number of halogens is 3. The molecule has 10 heteroatoms. The van der Waals surface area contributed by atoms with Crippen LogP contribution in [0.3, 0.4) is 0 Å². The minimum absolute atomic E-state index is 0.00143. The summed E-state index contributed by atoms with van der Waals surface area (Å²) in [5.74, 6) is -0.564. The van der Waals surface area contributed by atoms with Gasteiger partial charge in [0, 0.05) is 31.2 Å². The first kappa shape index (κ1) is 21.6. The summed E-state index contributed by atoms with van der Waals surface area (Å²) in [6, 6.07) is 6.39. The van der Waals surface area contributed by atoms with Crippen molar-refractivity contribution in [3.63, 3.8) is 0 Å². The molecule has 166 valence electrons. The number of aromatic nitrogens is 1. The van der Waals surface area contributed by atoms with Gasteiger partial charge in [-0.1, -0.05) is 6.07 Å². The summed E-state index contributed by atoms with van der Waals surface area (Å²) >= 11 is 0. The number of sulfone groups is 1. The van der Waals surface area contributed by atoms with E-state index in [1.807, 2.05) is 4.90 Å². The Hall–Kier alpha value is -2.62. The summed E-state index contributed by atoms with van der Waals surface area (Å²) in [6.45, 7) is 1.25. The van der Waals surface area contributed by atoms with Gasteiger partial charge in [0.1, 0.15) is 5.82 Å². The number of hydrogen-bond acceptors (Lipinski definition) is 5. The number of benzene rings is 1. The Bertz CT molecular complexity index is 1120. The molecule has 1 amide bonds. The van der Waals surface area contributed by atoms with Crippen molar-refractivity contribution in [3.8, 4) is 0 Å². The number of nitrogens with zero attached hydrogens (tertiary/aromatic N) is 2. The van der Waals surface area contributed by atoms with Crippen molar-refractivity contribution >= 4 is 27.2 Å². The van der Waals surface area contributed by atoms with Crippen LogP contribution in [0.25, 0.3) is 0 Å². The number of carbonyl (C=O) groups excluding carboxylic acids is 1. The summed E-state index contributed by atoms with van der Waals surface area (Å²) in [4.78, 5) is 18.8. The minimum Gasteiger partial charge on any atom is -0.356 e. The molecule has 1 saturated carbocycles. The summed E-state index contributed by atoms with van der Waals surface area (Å²) in [6.07, 6.45) is 1.33. The second kappa shape index (κ2) is 7.51. The molecule has 0 radical (unpaired) electrons. The van der Waals surface area contributed by atoms with E-state index in [-0.39, 0.29) is 22.0 Å². The van der Waals surface area contributed by atoms with E-state index in [0.717, 1.165) is 31.4 Å². The van der Waals surface area contributed by atoms with Crippen molar-refractivity contribution in [2.75, 3.05) is 29.6 Å². The molecular weight excluding hydrogens is 431 g/mol. The molecule has 1 aromatic carbocycles. The van der Waals surface area contributed by atoms with Gasteiger partial charge in [0.15, 0.2) is 9.84 Å². The Kier molecular flexibility index (Phi) is 5.23. The van der Waals surface area contributed by atoms with Crippen LogP contribution in [-0.2, 0) is 16.0 Å². The van der Waals surface area contributed by atoms with Crippen LogP contribution in [0.5, 0.6) is 0 Å². The molecule has 2 heterocycles. The Balaban J connectivity index is 1.65. The quantitative estimate of drug-likeness (QED) is 0.753. The molecule has 1 N–H and O–H groups in total. The number of piperidine rings is 1. The molecule has 4 rings (SSSR count). The van der Waals surface area contributed by atoms with Crippen LogP contribution in [0.2, 0.25) is 0 Å². The number of anilines is 2. The highest BCUT2D eigenvalue weighted by molar-refractivity contribution is 7.90. The molecule has 0 bridgehead atoms. The van der Waals surface area contributed by atoms with Crippen molar-refractivity contribution < 1.29 is 26.4 Å². The summed E-state index contributed by atoms with van der Waals surface area (Å²) in [5, 5.41) is 2.52. The SMILES string of the molecule is CS(=O)(=O)c1cccc(NC(=O)c2cc(C(F)(F)F)cnc2N2CCC3(CC2)CC3)c1. The number of carbonyl (C=O) groups is 1. The highest BCUT2D eigenvalue weighted by Gasteiger charge is 2.45. The molecular formula is C21H22F3N3O3S. The first-order valence-electron chi connectivity index (χ1n) is 9.91. The molecule has 1 spiro atoms. The van der Waals surface area contributed by atoms with Gasteiger partial charge < -0.3 is 10.2 Å². The van der Waals surface area contributed by atoms with Crippen LogP contribution < -0.4 is 10.2 Å². The lowest BCUT2D eigenvalue weighted by Gasteiger charge is -2.34. The first-order chi connectivity index (χ1) is 14.5. The largest absolute Gasteiger partial charge is 0.417 e. The fourth-order valence-corrected chi connectivity index (χ4v) is 4.57. The molecule has 1 saturated heterocycles. The van der Waals surface area contributed by atoms with Crippen LogP contribution in [0.15, 0.2) is 41.4 Å². The van der Waals surface area contributed by atoms with E-state index in [1.54, 1.807) is 0 Å². The van der Waals surface area contributed by atoms with Gasteiger partial charge in [-0.3, -0.25) is 4.79 Å². The topological polar surface area (TPSA) is 79.4 Å². The van der Waals surface area contributed by atoms with Gasteiger partial charge in [-0.15, -0.1) is 0 Å². The lowest BCUT2D eigenvalue weighted by atomic mass is 9.93. The molecule has 6 nitrogen and oxygen atoms in total. The molecule has 1 aliphatic heterocycles. The van der Waals surface area contributed by atoms with E-state index in [4.69, 9.17) is 0 Å².